The number of likely N-dealkylation sites (tertiary alicyclic amines) is 1. The van der Waals surface area contributed by atoms with Gasteiger partial charge < -0.3 is 19.5 Å². The third-order valence-corrected chi connectivity index (χ3v) is 6.73. The summed E-state index contributed by atoms with van der Waals surface area (Å²) in [7, 11) is 0. The topological polar surface area (TPSA) is 79.3 Å². The van der Waals surface area contributed by atoms with E-state index in [1.165, 1.54) is 0 Å². The van der Waals surface area contributed by atoms with Crippen molar-refractivity contribution in [3.05, 3.63) is 82.9 Å². The number of ether oxygens (including phenoxy) is 2. The normalized spacial score (nSPS) is 20.1. The number of aryl methyl sites for hydroxylation is 2. The molecule has 0 aromatic heterocycles. The number of aliphatic hydroxyl groups is 1. The Morgan fingerprint density at radius 2 is 1.83 bits per heavy atom. The van der Waals surface area contributed by atoms with Gasteiger partial charge in [-0.1, -0.05) is 42.5 Å². The van der Waals surface area contributed by atoms with Crippen molar-refractivity contribution in [2.45, 2.75) is 26.3 Å². The molecule has 0 radical (unpaired) electrons. The smallest absolute Gasteiger partial charge is 0.295 e. The fraction of sp³-hybridized carbons (Fsp3) is 0.379. The van der Waals surface area contributed by atoms with Crippen LogP contribution in [0.25, 0.3) is 5.76 Å². The number of hydrogen-bond acceptors (Lipinski definition) is 6. The second-order valence-electron chi connectivity index (χ2n) is 9.29. The third-order valence-electron chi connectivity index (χ3n) is 6.73. The molecule has 0 saturated carbocycles. The summed E-state index contributed by atoms with van der Waals surface area (Å²) >= 11 is 0. The van der Waals surface area contributed by atoms with Crippen molar-refractivity contribution >= 4 is 17.4 Å². The molecule has 1 atom stereocenters. The number of Topliss-reactive ketones (excluding diaryl/α,β-unsaturated/α-hetero) is 1. The molecule has 36 heavy (non-hydrogen) atoms. The highest BCUT2D eigenvalue weighted by Gasteiger charge is 2.45. The number of hydrogen-bond donors (Lipinski definition) is 1. The van der Waals surface area contributed by atoms with Crippen molar-refractivity contribution < 1.29 is 24.2 Å². The van der Waals surface area contributed by atoms with Crippen LogP contribution in [-0.2, 0) is 14.3 Å². The lowest BCUT2D eigenvalue weighted by molar-refractivity contribution is -0.140. The van der Waals surface area contributed by atoms with Crippen LogP contribution in [0.1, 0.15) is 34.7 Å². The first-order chi connectivity index (χ1) is 17.4. The molecular formula is C29H34N2O5. The first-order valence-corrected chi connectivity index (χ1v) is 12.4. The Morgan fingerprint density at radius 1 is 1.11 bits per heavy atom. The Hall–Kier alpha value is -3.42. The number of carbonyl (C=O) groups excluding carboxylic acids is 2. The molecule has 2 aliphatic rings. The fourth-order valence-electron chi connectivity index (χ4n) is 4.79. The number of nitrogens with zero attached hydrogens (tertiary/aromatic N) is 2. The Morgan fingerprint density at radius 3 is 2.50 bits per heavy atom. The first kappa shape index (κ1) is 25.7. The number of amides is 1. The Kier molecular flexibility index (Phi) is 8.23. The van der Waals surface area contributed by atoms with Gasteiger partial charge in [0.15, 0.2) is 0 Å². The van der Waals surface area contributed by atoms with Gasteiger partial charge in [0.2, 0.25) is 0 Å². The largest absolute Gasteiger partial charge is 0.507 e. The van der Waals surface area contributed by atoms with E-state index in [9.17, 15) is 14.7 Å². The summed E-state index contributed by atoms with van der Waals surface area (Å²) in [5.74, 6) is -0.756. The van der Waals surface area contributed by atoms with Crippen molar-refractivity contribution in [3.63, 3.8) is 0 Å². The summed E-state index contributed by atoms with van der Waals surface area (Å²) in [6.07, 6.45) is 2.38. The van der Waals surface area contributed by atoms with Crippen molar-refractivity contribution in [2.75, 3.05) is 46.0 Å². The lowest BCUT2D eigenvalue weighted by Crippen LogP contribution is -2.38. The number of ketones is 1. The minimum Gasteiger partial charge on any atom is -0.507 e. The molecular weight excluding hydrogens is 456 g/mol. The van der Waals surface area contributed by atoms with Crippen LogP contribution < -0.4 is 4.74 Å². The molecule has 2 saturated heterocycles. The average Bonchev–Trinajstić information content (AvgIpc) is 3.13. The predicted molar refractivity (Wildman–Crippen MR) is 139 cm³/mol. The van der Waals surface area contributed by atoms with Crippen LogP contribution in [0.5, 0.6) is 5.75 Å². The predicted octanol–water partition coefficient (Wildman–Crippen LogP) is 4.01. The minimum atomic E-state index is -0.657. The molecule has 1 N–H and O–H groups in total. The van der Waals surface area contributed by atoms with Gasteiger partial charge in [0.1, 0.15) is 18.1 Å². The SMILES string of the molecule is C=CCOc1ccc(/C(O)=C2\C(=O)C(=O)N(CCCN3CCOCC3)C2c2ccc(C)cc2)c(C)c1. The summed E-state index contributed by atoms with van der Waals surface area (Å²) < 4.78 is 11.0. The maximum absolute atomic E-state index is 13.3. The van der Waals surface area contributed by atoms with E-state index in [0.717, 1.165) is 42.7 Å². The highest BCUT2D eigenvalue weighted by Crippen LogP contribution is 2.40. The number of morpholine rings is 1. The van der Waals surface area contributed by atoms with Crippen LogP contribution in [-0.4, -0.2) is 72.6 Å². The van der Waals surface area contributed by atoms with Crippen molar-refractivity contribution in [1.29, 1.82) is 0 Å². The molecule has 0 bridgehead atoms. The molecule has 1 amide bonds. The molecule has 0 aliphatic carbocycles. The molecule has 2 fully saturated rings. The number of rotatable bonds is 9. The van der Waals surface area contributed by atoms with Gasteiger partial charge in [-0.2, -0.15) is 0 Å². The molecule has 2 heterocycles. The summed E-state index contributed by atoms with van der Waals surface area (Å²) in [6.45, 7) is 12.3. The van der Waals surface area contributed by atoms with Crippen LogP contribution in [0, 0.1) is 13.8 Å². The van der Waals surface area contributed by atoms with Crippen LogP contribution in [0.4, 0.5) is 0 Å². The monoisotopic (exact) mass is 490 g/mol. The maximum atomic E-state index is 13.3. The van der Waals surface area contributed by atoms with Crippen LogP contribution in [0.2, 0.25) is 0 Å². The van der Waals surface area contributed by atoms with E-state index in [-0.39, 0.29) is 11.3 Å². The Balaban J connectivity index is 1.67. The van der Waals surface area contributed by atoms with Gasteiger partial charge in [-0.15, -0.1) is 0 Å². The zero-order chi connectivity index (χ0) is 25.7. The molecule has 2 aromatic carbocycles. The highest BCUT2D eigenvalue weighted by atomic mass is 16.5. The second kappa shape index (κ2) is 11.5. The third kappa shape index (κ3) is 5.53. The van der Waals surface area contributed by atoms with E-state index >= 15 is 0 Å². The number of benzene rings is 2. The molecule has 1 unspecified atom stereocenters. The fourth-order valence-corrected chi connectivity index (χ4v) is 4.79. The van der Waals surface area contributed by atoms with Gasteiger partial charge in [-0.05, 0) is 49.6 Å². The highest BCUT2D eigenvalue weighted by molar-refractivity contribution is 6.46. The van der Waals surface area contributed by atoms with Crippen molar-refractivity contribution in [3.8, 4) is 5.75 Å². The molecule has 7 heteroatoms. The van der Waals surface area contributed by atoms with Crippen LogP contribution in [0.15, 0.2) is 60.7 Å². The van der Waals surface area contributed by atoms with Gasteiger partial charge in [0.05, 0.1) is 24.8 Å². The molecule has 2 aromatic rings. The van der Waals surface area contributed by atoms with E-state index < -0.39 is 17.7 Å². The Labute approximate surface area is 212 Å². The molecule has 2 aliphatic heterocycles. The summed E-state index contributed by atoms with van der Waals surface area (Å²) in [5, 5.41) is 11.4. The average molecular weight is 491 g/mol. The quantitative estimate of drug-likeness (QED) is 0.248. The summed E-state index contributed by atoms with van der Waals surface area (Å²) in [4.78, 5) is 30.4. The van der Waals surface area contributed by atoms with Crippen LogP contribution in [0.3, 0.4) is 0 Å². The maximum Gasteiger partial charge on any atom is 0.295 e. The lowest BCUT2D eigenvalue weighted by Gasteiger charge is -2.29. The van der Waals surface area contributed by atoms with Gasteiger partial charge in [-0.3, -0.25) is 14.5 Å². The number of carbonyl (C=O) groups is 2. The van der Waals surface area contributed by atoms with E-state index in [2.05, 4.69) is 11.5 Å². The van der Waals surface area contributed by atoms with Crippen LogP contribution >= 0.6 is 0 Å². The second-order valence-corrected chi connectivity index (χ2v) is 9.29. The Bertz CT molecular complexity index is 1150. The van der Waals surface area contributed by atoms with Crippen molar-refractivity contribution in [2.24, 2.45) is 0 Å². The summed E-state index contributed by atoms with van der Waals surface area (Å²) in [5.41, 5.74) is 3.25. The van der Waals surface area contributed by atoms with Crippen molar-refractivity contribution in [1.82, 2.24) is 9.80 Å². The first-order valence-electron chi connectivity index (χ1n) is 12.4. The van der Waals surface area contributed by atoms with E-state index in [1.54, 1.807) is 29.2 Å². The molecule has 4 rings (SSSR count). The molecule has 7 nitrogen and oxygen atoms in total. The standard InChI is InChI=1S/C29H34N2O5/c1-4-16-36-23-10-11-24(21(3)19-23)27(32)25-26(22-8-6-20(2)7-9-22)31(29(34)28(25)33)13-5-12-30-14-17-35-18-15-30/h4,6-11,19,26,32H,1,5,12-18H2,2-3H3/b27-25+. The van der Waals surface area contributed by atoms with E-state index in [0.29, 0.717) is 37.7 Å². The molecule has 190 valence electrons. The summed E-state index contributed by atoms with van der Waals surface area (Å²) in [6, 6.07) is 12.4. The van der Waals surface area contributed by atoms with Gasteiger partial charge in [-0.25, -0.2) is 0 Å². The number of aliphatic hydroxyl groups excluding tert-OH is 1. The van der Waals surface area contributed by atoms with Gasteiger partial charge >= 0.3 is 0 Å². The zero-order valence-corrected chi connectivity index (χ0v) is 21.0. The van der Waals surface area contributed by atoms with Gasteiger partial charge in [0.25, 0.3) is 11.7 Å². The van der Waals surface area contributed by atoms with E-state index in [1.807, 2.05) is 38.1 Å². The minimum absolute atomic E-state index is 0.123. The molecule has 0 spiro atoms. The van der Waals surface area contributed by atoms with Gasteiger partial charge in [0, 0.05) is 31.7 Å². The van der Waals surface area contributed by atoms with E-state index in [4.69, 9.17) is 9.47 Å². The lowest BCUT2D eigenvalue weighted by atomic mass is 9.93. The zero-order valence-electron chi connectivity index (χ0n) is 21.0.